The molecule has 0 saturated carbocycles. The van der Waals surface area contributed by atoms with Gasteiger partial charge in [0, 0.05) is 22.7 Å². The molecule has 0 aromatic heterocycles. The summed E-state index contributed by atoms with van der Waals surface area (Å²) in [4.78, 5) is 14.2. The predicted molar refractivity (Wildman–Crippen MR) is 83.4 cm³/mol. The van der Waals surface area contributed by atoms with Gasteiger partial charge in [0.05, 0.1) is 6.04 Å². The summed E-state index contributed by atoms with van der Waals surface area (Å²) >= 11 is 11.9. The van der Waals surface area contributed by atoms with E-state index in [2.05, 4.69) is 0 Å². The Balaban J connectivity index is 2.24. The maximum atomic E-state index is 12.5. The Morgan fingerprint density at radius 3 is 2.15 bits per heavy atom. The van der Waals surface area contributed by atoms with Crippen molar-refractivity contribution in [1.82, 2.24) is 4.90 Å². The molecule has 2 rings (SSSR count). The molecule has 0 spiro atoms. The molecule has 0 aliphatic heterocycles. The molecule has 0 N–H and O–H groups in total. The van der Waals surface area contributed by atoms with E-state index in [0.29, 0.717) is 15.6 Å². The van der Waals surface area contributed by atoms with Crippen LogP contribution in [0.5, 0.6) is 0 Å². The van der Waals surface area contributed by atoms with E-state index < -0.39 is 0 Å². The maximum absolute atomic E-state index is 12.5. The summed E-state index contributed by atoms with van der Waals surface area (Å²) in [6.07, 6.45) is 0. The van der Waals surface area contributed by atoms with E-state index in [9.17, 15) is 4.79 Å². The van der Waals surface area contributed by atoms with Gasteiger partial charge >= 0.3 is 0 Å². The molecule has 1 atom stereocenters. The molecule has 0 bridgehead atoms. The van der Waals surface area contributed by atoms with Gasteiger partial charge in [-0.05, 0) is 30.7 Å². The molecule has 1 amide bonds. The van der Waals surface area contributed by atoms with Crippen LogP contribution in [0.3, 0.4) is 0 Å². The van der Waals surface area contributed by atoms with Gasteiger partial charge in [0.2, 0.25) is 0 Å². The van der Waals surface area contributed by atoms with Gasteiger partial charge in [0.15, 0.2) is 0 Å². The number of nitrogens with zero attached hydrogens (tertiary/aromatic N) is 1. The highest BCUT2D eigenvalue weighted by Gasteiger charge is 2.19. The lowest BCUT2D eigenvalue weighted by Crippen LogP contribution is -2.29. The zero-order chi connectivity index (χ0) is 14.7. The number of hydrogen-bond acceptors (Lipinski definition) is 1. The van der Waals surface area contributed by atoms with Gasteiger partial charge in [-0.3, -0.25) is 4.79 Å². The summed E-state index contributed by atoms with van der Waals surface area (Å²) in [5.41, 5.74) is 1.57. The fourth-order valence-electron chi connectivity index (χ4n) is 2.01. The molecular formula is C16H15Cl2NO. The van der Waals surface area contributed by atoms with Gasteiger partial charge in [0.1, 0.15) is 0 Å². The Kier molecular flexibility index (Phi) is 4.69. The highest BCUT2D eigenvalue weighted by atomic mass is 35.5. The van der Waals surface area contributed by atoms with Gasteiger partial charge in [-0.1, -0.05) is 53.5 Å². The molecule has 0 aliphatic rings. The van der Waals surface area contributed by atoms with Crippen molar-refractivity contribution in [2.24, 2.45) is 0 Å². The van der Waals surface area contributed by atoms with Gasteiger partial charge < -0.3 is 4.90 Å². The first-order valence-corrected chi connectivity index (χ1v) is 7.03. The van der Waals surface area contributed by atoms with Gasteiger partial charge in [-0.25, -0.2) is 0 Å². The quantitative estimate of drug-likeness (QED) is 0.795. The molecule has 0 aliphatic carbocycles. The summed E-state index contributed by atoms with van der Waals surface area (Å²) < 4.78 is 0. The molecule has 0 saturated heterocycles. The second-order valence-corrected chi connectivity index (χ2v) is 5.53. The van der Waals surface area contributed by atoms with Gasteiger partial charge in [-0.15, -0.1) is 0 Å². The van der Waals surface area contributed by atoms with Gasteiger partial charge in [-0.2, -0.15) is 0 Å². The van der Waals surface area contributed by atoms with Crippen molar-refractivity contribution in [2.45, 2.75) is 13.0 Å². The van der Waals surface area contributed by atoms with E-state index in [-0.39, 0.29) is 11.9 Å². The Labute approximate surface area is 128 Å². The van der Waals surface area contributed by atoms with Crippen molar-refractivity contribution >= 4 is 29.1 Å². The van der Waals surface area contributed by atoms with Gasteiger partial charge in [0.25, 0.3) is 5.91 Å². The second kappa shape index (κ2) is 6.29. The highest BCUT2D eigenvalue weighted by molar-refractivity contribution is 6.35. The third-order valence-corrected chi connectivity index (χ3v) is 3.73. The molecule has 2 aromatic carbocycles. The minimum atomic E-state index is -0.106. The van der Waals surface area contributed by atoms with Crippen LogP contribution in [0.1, 0.15) is 28.9 Å². The minimum Gasteiger partial charge on any atom is -0.335 e. The number of hydrogen-bond donors (Lipinski definition) is 0. The lowest BCUT2D eigenvalue weighted by atomic mass is 10.1. The minimum absolute atomic E-state index is 0.0264. The summed E-state index contributed by atoms with van der Waals surface area (Å²) in [6.45, 7) is 1.99. The summed E-state index contributed by atoms with van der Waals surface area (Å²) in [6, 6.07) is 14.7. The first kappa shape index (κ1) is 14.9. The van der Waals surface area contributed by atoms with Crippen molar-refractivity contribution in [1.29, 1.82) is 0 Å². The van der Waals surface area contributed by atoms with E-state index >= 15 is 0 Å². The van der Waals surface area contributed by atoms with Crippen molar-refractivity contribution in [3.05, 3.63) is 69.7 Å². The van der Waals surface area contributed by atoms with Crippen LogP contribution in [-0.2, 0) is 0 Å². The van der Waals surface area contributed by atoms with E-state index in [1.165, 1.54) is 0 Å². The maximum Gasteiger partial charge on any atom is 0.254 e. The average Bonchev–Trinajstić information content (AvgIpc) is 2.45. The van der Waals surface area contributed by atoms with Crippen LogP contribution < -0.4 is 0 Å². The predicted octanol–water partition coefficient (Wildman–Crippen LogP) is 4.83. The number of carbonyl (C=O) groups is 1. The number of carbonyl (C=O) groups excluding carboxylic acids is 1. The molecule has 0 radical (unpaired) electrons. The fraction of sp³-hybridized carbons (Fsp3) is 0.188. The Morgan fingerprint density at radius 1 is 1.05 bits per heavy atom. The number of amides is 1. The van der Waals surface area contributed by atoms with Crippen molar-refractivity contribution in [3.8, 4) is 0 Å². The van der Waals surface area contributed by atoms with E-state index in [0.717, 1.165) is 5.56 Å². The van der Waals surface area contributed by atoms with Crippen LogP contribution in [-0.4, -0.2) is 17.9 Å². The van der Waals surface area contributed by atoms with E-state index in [1.54, 1.807) is 30.1 Å². The zero-order valence-electron chi connectivity index (χ0n) is 11.3. The summed E-state index contributed by atoms with van der Waals surface area (Å²) in [7, 11) is 1.77. The number of benzene rings is 2. The zero-order valence-corrected chi connectivity index (χ0v) is 12.8. The van der Waals surface area contributed by atoms with Crippen LogP contribution in [0.2, 0.25) is 10.0 Å². The van der Waals surface area contributed by atoms with Crippen LogP contribution >= 0.6 is 23.2 Å². The van der Waals surface area contributed by atoms with E-state index in [4.69, 9.17) is 23.2 Å². The number of rotatable bonds is 3. The fourth-order valence-corrected chi connectivity index (χ4v) is 2.54. The molecule has 104 valence electrons. The van der Waals surface area contributed by atoms with Crippen molar-refractivity contribution in [3.63, 3.8) is 0 Å². The van der Waals surface area contributed by atoms with Crippen LogP contribution in [0.15, 0.2) is 48.5 Å². The molecular weight excluding hydrogens is 293 g/mol. The van der Waals surface area contributed by atoms with E-state index in [1.807, 2.05) is 37.3 Å². The molecule has 1 unspecified atom stereocenters. The second-order valence-electron chi connectivity index (χ2n) is 4.66. The largest absolute Gasteiger partial charge is 0.335 e. The standard InChI is InChI=1S/C16H15Cl2NO/c1-11(12-6-4-3-5-7-12)19(2)16(20)13-8-14(17)10-15(18)9-13/h3-11H,1-2H3. The topological polar surface area (TPSA) is 20.3 Å². The number of halogens is 2. The third-order valence-electron chi connectivity index (χ3n) is 3.29. The highest BCUT2D eigenvalue weighted by Crippen LogP contribution is 2.24. The van der Waals surface area contributed by atoms with Crippen molar-refractivity contribution < 1.29 is 4.79 Å². The molecule has 0 fully saturated rings. The Hall–Kier alpha value is -1.51. The summed E-state index contributed by atoms with van der Waals surface area (Å²) in [5, 5.41) is 0.920. The molecule has 20 heavy (non-hydrogen) atoms. The molecule has 2 nitrogen and oxygen atoms in total. The lowest BCUT2D eigenvalue weighted by molar-refractivity contribution is 0.0742. The molecule has 0 heterocycles. The molecule has 4 heteroatoms. The lowest BCUT2D eigenvalue weighted by Gasteiger charge is -2.25. The first-order valence-electron chi connectivity index (χ1n) is 6.27. The third kappa shape index (κ3) is 3.33. The van der Waals surface area contributed by atoms with Crippen LogP contribution in [0.4, 0.5) is 0 Å². The normalized spacial score (nSPS) is 12.0. The molecule has 2 aromatic rings. The Bertz CT molecular complexity index is 593. The Morgan fingerprint density at radius 2 is 1.60 bits per heavy atom. The average molecular weight is 308 g/mol. The first-order chi connectivity index (χ1) is 9.49. The van der Waals surface area contributed by atoms with Crippen LogP contribution in [0.25, 0.3) is 0 Å². The van der Waals surface area contributed by atoms with Crippen molar-refractivity contribution in [2.75, 3.05) is 7.05 Å². The monoisotopic (exact) mass is 307 g/mol. The SMILES string of the molecule is CC(c1ccccc1)N(C)C(=O)c1cc(Cl)cc(Cl)c1. The smallest absolute Gasteiger partial charge is 0.254 e. The summed E-state index contributed by atoms with van der Waals surface area (Å²) in [5.74, 6) is -0.106. The van der Waals surface area contributed by atoms with Crippen LogP contribution in [0, 0.1) is 0 Å².